The zero-order valence-corrected chi connectivity index (χ0v) is 67.5. The molecule has 1 saturated heterocycles. The number of para-hydroxylation sites is 4. The van der Waals surface area contributed by atoms with Crippen molar-refractivity contribution in [3.8, 4) is 0 Å². The van der Waals surface area contributed by atoms with E-state index in [-0.39, 0.29) is 83.2 Å². The van der Waals surface area contributed by atoms with E-state index < -0.39 is 186 Å². The van der Waals surface area contributed by atoms with E-state index in [1.165, 1.54) is 18.7 Å². The molecule has 0 spiro atoms. The van der Waals surface area contributed by atoms with Gasteiger partial charge in [0.05, 0.1) is 23.8 Å². The Morgan fingerprint density at radius 3 is 1.47 bits per heavy atom. The molecule has 119 heavy (non-hydrogen) atoms. The number of carbonyl (C=O) groups excluding carboxylic acids is 11. The van der Waals surface area contributed by atoms with Gasteiger partial charge in [-0.1, -0.05) is 107 Å². The van der Waals surface area contributed by atoms with Crippen LogP contribution in [0.3, 0.4) is 0 Å². The van der Waals surface area contributed by atoms with Gasteiger partial charge in [-0.2, -0.15) is 0 Å². The second-order valence-electron chi connectivity index (χ2n) is 31.5. The molecule has 0 aliphatic carbocycles. The molecular weight excluding hydrogens is 1540 g/mol. The molecule has 1 fully saturated rings. The third kappa shape index (κ3) is 22.8. The molecule has 16 atom stereocenters. The lowest BCUT2D eigenvalue weighted by molar-refractivity contribution is -0.144. The Kier molecular flexibility index (Phi) is 30.5. The summed E-state index contributed by atoms with van der Waals surface area (Å²) in [7, 11) is 0. The van der Waals surface area contributed by atoms with Gasteiger partial charge >= 0.3 is 11.9 Å². The summed E-state index contributed by atoms with van der Waals surface area (Å²) in [6, 6.07) is 9.23. The number of aliphatic hydroxyl groups excluding tert-OH is 3. The molecule has 10 rings (SSSR count). The first kappa shape index (κ1) is 89.1. The van der Waals surface area contributed by atoms with Crippen LogP contribution in [0.4, 0.5) is 0 Å². The summed E-state index contributed by atoms with van der Waals surface area (Å²) >= 11 is 0. The van der Waals surface area contributed by atoms with Crippen molar-refractivity contribution in [1.29, 1.82) is 0 Å². The van der Waals surface area contributed by atoms with Gasteiger partial charge in [0.1, 0.15) is 72.5 Å². The highest BCUT2D eigenvalue weighted by Gasteiger charge is 2.44. The van der Waals surface area contributed by atoms with Gasteiger partial charge in [0.15, 0.2) is 0 Å². The van der Waals surface area contributed by atoms with Gasteiger partial charge in [0, 0.05) is 108 Å². The van der Waals surface area contributed by atoms with Gasteiger partial charge in [0.2, 0.25) is 65.0 Å². The summed E-state index contributed by atoms with van der Waals surface area (Å²) in [5, 5.41) is 83.1. The number of nitrogens with one attached hydrogen (secondary N) is 14. The average Bonchev–Trinajstić information content (AvgIpc) is 1.72. The fourth-order valence-electron chi connectivity index (χ4n) is 15.2. The standard InChI is InChI=1S/C84H109N17O18/c1-8-44(4)70-83(117)100-33-19-29-67(100)79(113)95-64(37-50-41-88-58-26-15-11-22-54(50)58)78(112)99-72(47(7)104)82(116)96-65(84(118)119)38-51-42-101(66-28-16-12-23-55(51)66)89-32-18-17-27-59(90-80(114)69(85)45(5)102)73(107)93-62(35-48-39-86-56-24-13-9-20-52(48)56)75(109)92-61(34-43(2)3)76(110)98-71(46(6)103)81(115)91-60(30-31-68(105)106)74(108)94-63(77(111)97-70)36-49-40-87-57-25-14-10-21-53(49)57/h9-16,20-26,28,39-47,59-65,67,69-72,86-89,102-104H,8,17-19,27,29-38,85H2,1-7H3,(H,90,114)(H,91,115)(H,92,109)(H,93,107)(H,94,108)(H,95,113)(H,96,116)(H,97,111)(H,98,110)(H,99,112)(H,105,106)(H,118,119)/t44-,45+,46+,47+,59-,60+,61-,62+,63+,64-,65+,67-,69-,70-,71-,72-/m0/s1. The molecule has 35 heteroatoms. The number of benzene rings is 4. The molecule has 8 aromatic rings. The number of amides is 11. The van der Waals surface area contributed by atoms with Crippen molar-refractivity contribution in [2.75, 3.05) is 18.5 Å². The summed E-state index contributed by atoms with van der Waals surface area (Å²) in [6.07, 6.45) is 0.236. The Labute approximate surface area is 686 Å². The molecule has 35 nitrogen and oxygen atoms in total. The van der Waals surface area contributed by atoms with Gasteiger partial charge in [0.25, 0.3) is 0 Å². The number of rotatable bonds is 19. The van der Waals surface area contributed by atoms with Crippen LogP contribution in [0.1, 0.15) is 129 Å². The third-order valence-corrected chi connectivity index (χ3v) is 22.0. The van der Waals surface area contributed by atoms with Crippen LogP contribution >= 0.6 is 0 Å². The number of fused-ring (bicyclic) bond motifs is 9. The number of nitrogens with two attached hydrogens (primary N) is 1. The normalized spacial score (nSPS) is 24.0. The van der Waals surface area contributed by atoms with E-state index in [0.717, 1.165) is 6.92 Å². The molecule has 2 aliphatic heterocycles. The largest absolute Gasteiger partial charge is 0.481 e. The summed E-state index contributed by atoms with van der Waals surface area (Å²) in [5.74, 6) is -14.5. The third-order valence-electron chi connectivity index (χ3n) is 22.0. The average molecular weight is 1640 g/mol. The lowest BCUT2D eigenvalue weighted by Gasteiger charge is -2.33. The minimum Gasteiger partial charge on any atom is -0.481 e. The molecule has 0 radical (unpaired) electrons. The monoisotopic (exact) mass is 1640 g/mol. The maximum atomic E-state index is 15.4. The SMILES string of the molecule is CC[C@H](C)[C@@H]1NC(=O)[C@@H](Cc2c[nH]c3ccccc23)NC(=O)[C@@H](CCC(=O)O)NC(=O)[C@H]([C@@H](C)O)NC(=O)[C@H](CC(C)C)NC(=O)[C@@H](Cc2c[nH]c3ccccc23)NC(=O)[C@@H](NC(=O)[C@@H](N)[C@@H](C)O)CCCCNn2cc(c3ccccc32)C[C@H](C(=O)O)NC(=O)[C@H]([C@@H](C)O)NC(=O)[C@H](Cc2c[nH]c3ccccc23)NC(=O)[C@@H]2CCCN2C1=O. The number of aromatic amines is 3. The smallest absolute Gasteiger partial charge is 0.326 e. The lowest BCUT2D eigenvalue weighted by atomic mass is 9.96. The van der Waals surface area contributed by atoms with Crippen molar-refractivity contribution >= 4 is 121 Å². The summed E-state index contributed by atoms with van der Waals surface area (Å²) in [5.41, 5.74) is 14.0. The highest BCUT2D eigenvalue weighted by molar-refractivity contribution is 6.01. The maximum Gasteiger partial charge on any atom is 0.326 e. The summed E-state index contributed by atoms with van der Waals surface area (Å²) < 4.78 is 1.64. The number of carboxylic acid groups (broad SMARTS) is 2. The Morgan fingerprint density at radius 1 is 0.513 bits per heavy atom. The van der Waals surface area contributed by atoms with Crippen molar-refractivity contribution in [3.05, 3.63) is 144 Å². The Balaban J connectivity index is 1.01. The van der Waals surface area contributed by atoms with E-state index in [2.05, 4.69) is 73.5 Å². The molecule has 0 saturated carbocycles. The van der Waals surface area contributed by atoms with Crippen LogP contribution < -0.4 is 64.3 Å². The fraction of sp³-hybridized carbons (Fsp3) is 0.464. The Morgan fingerprint density at radius 2 is 0.966 bits per heavy atom. The summed E-state index contributed by atoms with van der Waals surface area (Å²) in [4.78, 5) is 200. The minimum atomic E-state index is -1.92. The quantitative estimate of drug-likeness (QED) is 0.0544. The second kappa shape index (κ2) is 40.8. The highest BCUT2D eigenvalue weighted by Crippen LogP contribution is 2.28. The number of hydrogen-bond acceptors (Lipinski definition) is 18. The first-order valence-electron chi connectivity index (χ1n) is 40.4. The molecular formula is C84H109N17O18. The number of aromatic nitrogens is 4. The molecule has 638 valence electrons. The van der Waals surface area contributed by atoms with Crippen LogP contribution in [0.5, 0.6) is 0 Å². The number of hydrogen-bond donors (Lipinski definition) is 20. The molecule has 4 aromatic heterocycles. The van der Waals surface area contributed by atoms with Crippen LogP contribution in [-0.4, -0.2) is 231 Å². The van der Waals surface area contributed by atoms with Crippen molar-refractivity contribution in [2.45, 2.75) is 223 Å². The summed E-state index contributed by atoms with van der Waals surface area (Å²) in [6.45, 7) is 10.8. The molecule has 21 N–H and O–H groups in total. The van der Waals surface area contributed by atoms with Crippen LogP contribution in [0.15, 0.2) is 122 Å². The lowest BCUT2D eigenvalue weighted by Crippen LogP contribution is -2.63. The van der Waals surface area contributed by atoms with Gasteiger partial charge in [-0.25, -0.2) is 4.79 Å². The first-order valence-corrected chi connectivity index (χ1v) is 40.4. The number of aliphatic carboxylic acids is 2. The molecule has 2 aliphatic rings. The van der Waals surface area contributed by atoms with Gasteiger partial charge in [-0.05, 0) is 124 Å². The highest BCUT2D eigenvalue weighted by atomic mass is 16.4. The minimum absolute atomic E-state index is 0.00771. The molecule has 2 bridgehead atoms. The number of carbonyl (C=O) groups is 13. The molecule has 4 aromatic carbocycles. The number of aliphatic hydroxyl groups is 3. The van der Waals surface area contributed by atoms with E-state index in [9.17, 15) is 59.1 Å². The second-order valence-corrected chi connectivity index (χ2v) is 31.5. The predicted molar refractivity (Wildman–Crippen MR) is 440 cm³/mol. The van der Waals surface area contributed by atoms with E-state index in [4.69, 9.17) is 5.73 Å². The fourth-order valence-corrected chi connectivity index (χ4v) is 15.2. The van der Waals surface area contributed by atoms with Crippen LogP contribution in [-0.2, 0) is 88.0 Å². The van der Waals surface area contributed by atoms with Crippen LogP contribution in [0, 0.1) is 11.8 Å². The number of H-pyrrole nitrogens is 3. The molecule has 0 unspecified atom stereocenters. The van der Waals surface area contributed by atoms with Crippen molar-refractivity contribution in [2.24, 2.45) is 17.6 Å². The van der Waals surface area contributed by atoms with E-state index in [0.29, 0.717) is 72.3 Å². The van der Waals surface area contributed by atoms with Gasteiger partial charge in [-0.3, -0.25) is 62.2 Å². The first-order chi connectivity index (χ1) is 56.8. The number of carboxylic acids is 2. The predicted octanol–water partition coefficient (Wildman–Crippen LogP) is 1.43. The molecule has 11 amide bonds. The Bertz CT molecular complexity index is 4990. The topological polar surface area (TPSA) is 537 Å². The number of nitrogens with zero attached hydrogens (tertiary/aromatic N) is 2. The Hall–Kier alpha value is -12.2. The van der Waals surface area contributed by atoms with Crippen LogP contribution in [0.25, 0.3) is 43.6 Å². The van der Waals surface area contributed by atoms with Crippen molar-refractivity contribution in [3.63, 3.8) is 0 Å². The zero-order chi connectivity index (χ0) is 86.1. The van der Waals surface area contributed by atoms with Crippen molar-refractivity contribution in [1.82, 2.24) is 77.7 Å². The van der Waals surface area contributed by atoms with Gasteiger partial charge in [-0.15, -0.1) is 0 Å². The van der Waals surface area contributed by atoms with Crippen molar-refractivity contribution < 1.29 is 87.9 Å². The van der Waals surface area contributed by atoms with E-state index in [1.807, 2.05) is 0 Å². The van der Waals surface area contributed by atoms with Crippen LogP contribution in [0.2, 0.25) is 0 Å². The maximum absolute atomic E-state index is 15.4. The zero-order valence-electron chi connectivity index (χ0n) is 67.5. The molecule has 6 heterocycles. The van der Waals surface area contributed by atoms with E-state index in [1.54, 1.807) is 154 Å². The van der Waals surface area contributed by atoms with Gasteiger partial charge < -0.3 is 110 Å². The van der Waals surface area contributed by atoms with E-state index >= 15 is 28.8 Å².